The molecule has 13 heteroatoms. The van der Waals surface area contributed by atoms with Gasteiger partial charge < -0.3 is 10.6 Å². The van der Waals surface area contributed by atoms with Crippen molar-refractivity contribution in [1.29, 1.82) is 10.5 Å². The SMILES string of the molecule is Cc1cc(C#N)cc(C(=O)NC2CC2)c1NC(=O)c1cc(CS(C)(=O)=NC#N)nn1-c1ncccc1Cl. The molecular weight excluding hydrogens is 516 g/mol. The second-order valence-corrected chi connectivity index (χ2v) is 11.4. The Morgan fingerprint density at radius 3 is 2.68 bits per heavy atom. The van der Waals surface area contributed by atoms with Gasteiger partial charge in [-0.05, 0) is 55.7 Å². The fraction of sp³-hybridized carbons (Fsp3) is 0.250. The number of halogens is 1. The van der Waals surface area contributed by atoms with Crippen LogP contribution in [0, 0.1) is 29.7 Å². The van der Waals surface area contributed by atoms with Gasteiger partial charge in [-0.3, -0.25) is 9.59 Å². The number of aryl methyl sites for hydroxylation is 1. The van der Waals surface area contributed by atoms with E-state index in [0.717, 1.165) is 12.8 Å². The molecule has 2 amide bonds. The topological polar surface area (TPSA) is 166 Å². The highest BCUT2D eigenvalue weighted by molar-refractivity contribution is 7.92. The predicted molar refractivity (Wildman–Crippen MR) is 137 cm³/mol. The van der Waals surface area contributed by atoms with Crippen LogP contribution in [0.5, 0.6) is 0 Å². The second-order valence-electron chi connectivity index (χ2n) is 8.57. The lowest BCUT2D eigenvalue weighted by Gasteiger charge is -2.15. The molecule has 37 heavy (non-hydrogen) atoms. The zero-order chi connectivity index (χ0) is 26.7. The number of hydrogen-bond acceptors (Lipinski definition) is 8. The quantitative estimate of drug-likeness (QED) is 0.437. The maximum atomic E-state index is 13.6. The first-order chi connectivity index (χ1) is 17.6. The minimum absolute atomic E-state index is 0.0000634. The summed E-state index contributed by atoms with van der Waals surface area (Å²) in [6.07, 6.45) is 6.07. The highest BCUT2D eigenvalue weighted by atomic mass is 35.5. The number of carbonyl (C=O) groups is 2. The molecule has 0 aliphatic heterocycles. The molecule has 1 aliphatic carbocycles. The Hall–Kier alpha value is -4.26. The standard InChI is InChI=1S/C24H21ClN8O3S/c1-14-8-15(11-26)9-18(23(34)30-16-5-6-16)21(14)31-24(35)20-10-17(12-37(2,36)29-13-27)32-33(20)22-19(25)4-3-7-28-22/h3-4,7-10,16H,5-6,12H2,1-2H3,(H,30,34)(H,31,35). The van der Waals surface area contributed by atoms with Gasteiger partial charge in [0, 0.05) is 18.5 Å². The number of anilines is 1. The second kappa shape index (κ2) is 10.4. The van der Waals surface area contributed by atoms with Crippen LogP contribution in [0.3, 0.4) is 0 Å². The molecule has 1 aromatic carbocycles. The summed E-state index contributed by atoms with van der Waals surface area (Å²) in [5.41, 5.74) is 1.41. The van der Waals surface area contributed by atoms with Crippen molar-refractivity contribution >= 4 is 38.8 Å². The number of benzene rings is 1. The third-order valence-corrected chi connectivity index (χ3v) is 7.04. The smallest absolute Gasteiger partial charge is 0.274 e. The number of hydrogen-bond donors (Lipinski definition) is 2. The van der Waals surface area contributed by atoms with E-state index in [4.69, 9.17) is 16.9 Å². The van der Waals surface area contributed by atoms with E-state index < -0.39 is 21.5 Å². The lowest BCUT2D eigenvalue weighted by Crippen LogP contribution is -2.28. The van der Waals surface area contributed by atoms with Gasteiger partial charge in [-0.1, -0.05) is 11.6 Å². The number of carbonyl (C=O) groups excluding carboxylic acids is 2. The summed E-state index contributed by atoms with van der Waals surface area (Å²) >= 11 is 6.31. The van der Waals surface area contributed by atoms with Crippen molar-refractivity contribution in [3.63, 3.8) is 0 Å². The highest BCUT2D eigenvalue weighted by Crippen LogP contribution is 2.27. The summed E-state index contributed by atoms with van der Waals surface area (Å²) in [4.78, 5) is 30.7. The molecule has 0 bridgehead atoms. The maximum Gasteiger partial charge on any atom is 0.274 e. The Morgan fingerprint density at radius 1 is 1.27 bits per heavy atom. The van der Waals surface area contributed by atoms with Crippen molar-refractivity contribution < 1.29 is 13.8 Å². The molecule has 1 aliphatic rings. The van der Waals surface area contributed by atoms with Gasteiger partial charge in [0.15, 0.2) is 5.82 Å². The van der Waals surface area contributed by atoms with E-state index in [-0.39, 0.29) is 50.8 Å². The third kappa shape index (κ3) is 5.94. The fourth-order valence-corrected chi connectivity index (χ4v) is 4.74. The van der Waals surface area contributed by atoms with Crippen LogP contribution in [0.15, 0.2) is 40.9 Å². The van der Waals surface area contributed by atoms with Crippen LogP contribution >= 0.6 is 11.6 Å². The average Bonchev–Trinajstić information content (AvgIpc) is 3.56. The number of nitrogens with zero attached hydrogens (tertiary/aromatic N) is 6. The molecule has 0 spiro atoms. The fourth-order valence-electron chi connectivity index (χ4n) is 3.62. The summed E-state index contributed by atoms with van der Waals surface area (Å²) in [6.45, 7) is 1.68. The molecule has 11 nitrogen and oxygen atoms in total. The molecule has 4 rings (SSSR count). The first-order valence-electron chi connectivity index (χ1n) is 11.1. The largest absolute Gasteiger partial charge is 0.349 e. The summed E-state index contributed by atoms with van der Waals surface area (Å²) in [5, 5.41) is 28.4. The van der Waals surface area contributed by atoms with Crippen molar-refractivity contribution in [1.82, 2.24) is 20.1 Å². The molecule has 3 aromatic rings. The Labute approximate surface area is 218 Å². The molecule has 188 valence electrons. The van der Waals surface area contributed by atoms with Crippen molar-refractivity contribution in [2.75, 3.05) is 11.6 Å². The van der Waals surface area contributed by atoms with Crippen LogP contribution in [0.25, 0.3) is 5.82 Å². The predicted octanol–water partition coefficient (Wildman–Crippen LogP) is 3.32. The van der Waals surface area contributed by atoms with Crippen LogP contribution < -0.4 is 10.6 Å². The highest BCUT2D eigenvalue weighted by Gasteiger charge is 2.27. The summed E-state index contributed by atoms with van der Waals surface area (Å²) in [7, 11) is -2.93. The average molecular weight is 537 g/mol. The number of nitrogens with one attached hydrogen (secondary N) is 2. The monoisotopic (exact) mass is 536 g/mol. The van der Waals surface area contributed by atoms with E-state index in [1.165, 1.54) is 35.5 Å². The van der Waals surface area contributed by atoms with Crippen molar-refractivity contribution in [3.8, 4) is 18.1 Å². The molecule has 2 aromatic heterocycles. The van der Waals surface area contributed by atoms with Crippen molar-refractivity contribution in [2.24, 2.45) is 4.36 Å². The van der Waals surface area contributed by atoms with Gasteiger partial charge in [0.05, 0.1) is 49.1 Å². The van der Waals surface area contributed by atoms with E-state index in [1.54, 1.807) is 25.1 Å². The summed E-state index contributed by atoms with van der Waals surface area (Å²) < 4.78 is 17.3. The maximum absolute atomic E-state index is 13.6. The molecule has 1 unspecified atom stereocenters. The molecule has 1 fully saturated rings. The first-order valence-corrected chi connectivity index (χ1v) is 13.5. The number of aromatic nitrogens is 3. The Kier molecular flexibility index (Phi) is 7.25. The zero-order valence-electron chi connectivity index (χ0n) is 19.9. The van der Waals surface area contributed by atoms with Crippen LogP contribution in [0.2, 0.25) is 5.02 Å². The lowest BCUT2D eigenvalue weighted by molar-refractivity contribution is 0.0952. The van der Waals surface area contributed by atoms with Crippen LogP contribution in [-0.2, 0) is 15.5 Å². The minimum Gasteiger partial charge on any atom is -0.349 e. The van der Waals surface area contributed by atoms with Gasteiger partial charge in [-0.25, -0.2) is 13.9 Å². The first kappa shape index (κ1) is 25.8. The molecule has 2 heterocycles. The van der Waals surface area contributed by atoms with Gasteiger partial charge >= 0.3 is 0 Å². The molecule has 1 saturated carbocycles. The van der Waals surface area contributed by atoms with Crippen LogP contribution in [-0.4, -0.2) is 43.1 Å². The summed E-state index contributed by atoms with van der Waals surface area (Å²) in [5.74, 6) is -1.08. The van der Waals surface area contributed by atoms with Crippen LogP contribution in [0.4, 0.5) is 5.69 Å². The van der Waals surface area contributed by atoms with E-state index in [9.17, 15) is 19.1 Å². The van der Waals surface area contributed by atoms with Gasteiger partial charge in [-0.15, -0.1) is 4.36 Å². The summed E-state index contributed by atoms with van der Waals surface area (Å²) in [6, 6.07) is 9.68. The van der Waals surface area contributed by atoms with E-state index in [2.05, 4.69) is 25.1 Å². The van der Waals surface area contributed by atoms with E-state index in [1.807, 2.05) is 6.07 Å². The van der Waals surface area contributed by atoms with E-state index in [0.29, 0.717) is 5.56 Å². The van der Waals surface area contributed by atoms with Gasteiger partial charge in [0.1, 0.15) is 5.69 Å². The van der Waals surface area contributed by atoms with Gasteiger partial charge in [0.2, 0.25) is 6.19 Å². The molecular formula is C24H21ClN8O3S. The van der Waals surface area contributed by atoms with E-state index >= 15 is 0 Å². The molecule has 2 N–H and O–H groups in total. The van der Waals surface area contributed by atoms with Crippen LogP contribution in [0.1, 0.15) is 50.5 Å². The Morgan fingerprint density at radius 2 is 2.03 bits per heavy atom. The molecule has 0 radical (unpaired) electrons. The Balaban J connectivity index is 1.78. The molecule has 0 saturated heterocycles. The normalized spacial score (nSPS) is 14.1. The number of rotatable bonds is 7. The third-order valence-electron chi connectivity index (χ3n) is 5.44. The van der Waals surface area contributed by atoms with Gasteiger partial charge in [0.25, 0.3) is 11.8 Å². The number of nitriles is 2. The number of pyridine rings is 1. The van der Waals surface area contributed by atoms with Crippen molar-refractivity contribution in [2.45, 2.75) is 31.6 Å². The Bertz CT molecular complexity index is 1620. The minimum atomic E-state index is -2.93. The zero-order valence-corrected chi connectivity index (χ0v) is 21.4. The molecule has 1 atom stereocenters. The van der Waals surface area contributed by atoms with Crippen molar-refractivity contribution in [3.05, 3.63) is 69.6 Å². The lowest BCUT2D eigenvalue weighted by atomic mass is 10.0. The number of amides is 2. The van der Waals surface area contributed by atoms with Gasteiger partial charge in [-0.2, -0.15) is 15.6 Å².